The summed E-state index contributed by atoms with van der Waals surface area (Å²) in [5, 5.41) is 2.57. The van der Waals surface area contributed by atoms with Crippen LogP contribution in [0.15, 0.2) is 42.6 Å². The normalized spacial score (nSPS) is 17.2. The Kier molecular flexibility index (Phi) is 14.5. The summed E-state index contributed by atoms with van der Waals surface area (Å²) in [4.78, 5) is 40.5. The molecule has 0 radical (unpaired) electrons. The first kappa shape index (κ1) is 32.5. The first-order valence-electron chi connectivity index (χ1n) is 13.1. The highest BCUT2D eigenvalue weighted by atomic mass is 16.7. The molecule has 2 atom stereocenters. The van der Waals surface area contributed by atoms with Gasteiger partial charge in [0, 0.05) is 38.3 Å². The molecule has 3 rings (SSSR count). The van der Waals surface area contributed by atoms with E-state index >= 15 is 0 Å². The zero-order chi connectivity index (χ0) is 29.3. The first-order chi connectivity index (χ1) is 19.2. The van der Waals surface area contributed by atoms with Crippen molar-refractivity contribution in [2.75, 3.05) is 46.9 Å². The van der Waals surface area contributed by atoms with E-state index in [0.717, 1.165) is 0 Å². The molecule has 1 aromatic carbocycles. The van der Waals surface area contributed by atoms with Crippen molar-refractivity contribution in [2.24, 2.45) is 11.8 Å². The predicted molar refractivity (Wildman–Crippen MR) is 146 cm³/mol. The smallest absolute Gasteiger partial charge is 0.331 e. The second kappa shape index (κ2) is 17.8. The lowest BCUT2D eigenvalue weighted by atomic mass is 10.1. The third-order valence-electron chi connectivity index (χ3n) is 5.52. The molecular formula is C29H40N2O9. The van der Waals surface area contributed by atoms with E-state index in [1.54, 1.807) is 0 Å². The minimum absolute atomic E-state index is 0.00322. The number of hydrogen-bond donors (Lipinski definition) is 1. The maximum absolute atomic E-state index is 12.9. The van der Waals surface area contributed by atoms with Crippen LogP contribution in [-0.4, -0.2) is 75.8 Å². The number of aryl methyl sites for hydroxylation is 1. The SMILES string of the molecule is COc1ccnc(C(=O)NC2COCCC(COCC(C)C)COC2=O)c1OCOC(C)=O.Cc1ccccc1. The largest absolute Gasteiger partial charge is 0.493 e. The zero-order valence-corrected chi connectivity index (χ0v) is 23.8. The Morgan fingerprint density at radius 1 is 1.15 bits per heavy atom. The molecule has 1 aliphatic rings. The second-order valence-corrected chi connectivity index (χ2v) is 9.56. The van der Waals surface area contributed by atoms with Gasteiger partial charge in [0.25, 0.3) is 5.91 Å². The number of amides is 1. The fourth-order valence-electron chi connectivity index (χ4n) is 3.43. The van der Waals surface area contributed by atoms with Gasteiger partial charge in [-0.1, -0.05) is 49.7 Å². The van der Waals surface area contributed by atoms with Gasteiger partial charge in [-0.25, -0.2) is 9.78 Å². The number of rotatable bonds is 10. The summed E-state index contributed by atoms with van der Waals surface area (Å²) < 4.78 is 32.0. The lowest BCUT2D eigenvalue weighted by Crippen LogP contribution is -2.45. The molecule has 2 heterocycles. The summed E-state index contributed by atoms with van der Waals surface area (Å²) in [7, 11) is 1.39. The monoisotopic (exact) mass is 560 g/mol. The molecule has 220 valence electrons. The molecule has 11 heteroatoms. The van der Waals surface area contributed by atoms with Crippen molar-refractivity contribution in [3.8, 4) is 11.5 Å². The summed E-state index contributed by atoms with van der Waals surface area (Å²) in [5.74, 6) is -1.28. The maximum atomic E-state index is 12.9. The number of aromatic nitrogens is 1. The molecule has 40 heavy (non-hydrogen) atoms. The van der Waals surface area contributed by atoms with E-state index in [0.29, 0.717) is 32.2 Å². The average molecular weight is 561 g/mol. The molecule has 2 unspecified atom stereocenters. The Balaban J connectivity index is 0.000000693. The fraction of sp³-hybridized carbons (Fsp3) is 0.517. The van der Waals surface area contributed by atoms with Gasteiger partial charge in [0.1, 0.15) is 0 Å². The number of pyridine rings is 1. The van der Waals surface area contributed by atoms with Crippen LogP contribution < -0.4 is 14.8 Å². The number of carbonyl (C=O) groups excluding carboxylic acids is 3. The van der Waals surface area contributed by atoms with Crippen molar-refractivity contribution in [2.45, 2.75) is 40.2 Å². The third-order valence-corrected chi connectivity index (χ3v) is 5.52. The molecule has 1 amide bonds. The van der Waals surface area contributed by atoms with Gasteiger partial charge in [0.05, 0.1) is 26.9 Å². The van der Waals surface area contributed by atoms with E-state index in [-0.39, 0.29) is 36.3 Å². The van der Waals surface area contributed by atoms with E-state index in [2.05, 4.69) is 43.2 Å². The highest BCUT2D eigenvalue weighted by molar-refractivity contribution is 5.98. The van der Waals surface area contributed by atoms with Gasteiger partial charge in [0.15, 0.2) is 23.2 Å². The molecule has 1 saturated heterocycles. The van der Waals surface area contributed by atoms with Crippen LogP contribution in [0.5, 0.6) is 11.5 Å². The van der Waals surface area contributed by atoms with E-state index in [1.165, 1.54) is 31.9 Å². The lowest BCUT2D eigenvalue weighted by molar-refractivity contribution is -0.149. The quantitative estimate of drug-likeness (QED) is 0.341. The molecule has 1 fully saturated rings. The summed E-state index contributed by atoms with van der Waals surface area (Å²) in [6.07, 6.45) is 2.02. The van der Waals surface area contributed by atoms with Crippen molar-refractivity contribution < 1.29 is 42.8 Å². The third kappa shape index (κ3) is 12.0. The van der Waals surface area contributed by atoms with Gasteiger partial charge in [0.2, 0.25) is 6.79 Å². The molecule has 0 bridgehead atoms. The molecule has 2 aromatic rings. The van der Waals surface area contributed by atoms with Crippen molar-refractivity contribution in [1.82, 2.24) is 10.3 Å². The number of nitrogens with zero attached hydrogens (tertiary/aromatic N) is 1. The van der Waals surface area contributed by atoms with E-state index < -0.39 is 30.7 Å². The number of esters is 2. The number of ether oxygens (including phenoxy) is 6. The molecular weight excluding hydrogens is 520 g/mol. The van der Waals surface area contributed by atoms with Crippen LogP contribution in [-0.2, 0) is 28.5 Å². The maximum Gasteiger partial charge on any atom is 0.331 e. The Labute approximate surface area is 235 Å². The summed E-state index contributed by atoms with van der Waals surface area (Å²) in [6.45, 7) is 8.58. The molecule has 1 aliphatic heterocycles. The number of hydrogen-bond acceptors (Lipinski definition) is 10. The highest BCUT2D eigenvalue weighted by Crippen LogP contribution is 2.29. The minimum Gasteiger partial charge on any atom is -0.493 e. The molecule has 11 nitrogen and oxygen atoms in total. The fourth-order valence-corrected chi connectivity index (χ4v) is 3.43. The van der Waals surface area contributed by atoms with Gasteiger partial charge in [-0.05, 0) is 19.3 Å². The van der Waals surface area contributed by atoms with Gasteiger partial charge >= 0.3 is 11.9 Å². The van der Waals surface area contributed by atoms with Crippen LogP contribution in [0.25, 0.3) is 0 Å². The van der Waals surface area contributed by atoms with E-state index in [1.807, 2.05) is 18.2 Å². The van der Waals surface area contributed by atoms with E-state index in [4.69, 9.17) is 28.4 Å². The lowest BCUT2D eigenvalue weighted by Gasteiger charge is -2.19. The van der Waals surface area contributed by atoms with Gasteiger partial charge in [-0.15, -0.1) is 0 Å². The number of nitrogens with one attached hydrogen (secondary N) is 1. The number of methoxy groups -OCH3 is 1. The van der Waals surface area contributed by atoms with Crippen LogP contribution >= 0.6 is 0 Å². The van der Waals surface area contributed by atoms with Crippen LogP contribution in [0.3, 0.4) is 0 Å². The van der Waals surface area contributed by atoms with Crippen molar-refractivity contribution >= 4 is 17.8 Å². The van der Waals surface area contributed by atoms with Crippen molar-refractivity contribution in [3.63, 3.8) is 0 Å². The Hall–Kier alpha value is -3.70. The van der Waals surface area contributed by atoms with Crippen LogP contribution in [0.1, 0.15) is 43.2 Å². The molecule has 1 aromatic heterocycles. The first-order valence-corrected chi connectivity index (χ1v) is 13.1. The highest BCUT2D eigenvalue weighted by Gasteiger charge is 2.29. The predicted octanol–water partition coefficient (Wildman–Crippen LogP) is 3.34. The standard InChI is InChI=1S/C22H32N2O9.C7H8/c1-14(2)9-30-10-16-6-8-29-12-17(22(27)31-11-16)24-21(26)19-20(33-13-32-15(3)25)18(28-4)5-7-23-19;1-7-5-3-2-4-6-7/h5,7,14,16-17H,6,8-13H2,1-4H3,(H,24,26);2-6H,1H3. The summed E-state index contributed by atoms with van der Waals surface area (Å²) in [6, 6.07) is 10.7. The van der Waals surface area contributed by atoms with Crippen LogP contribution in [0, 0.1) is 18.8 Å². The number of benzene rings is 1. The average Bonchev–Trinajstić information content (AvgIpc) is 3.00. The van der Waals surface area contributed by atoms with Crippen LogP contribution in [0.2, 0.25) is 0 Å². The van der Waals surface area contributed by atoms with Gasteiger partial charge < -0.3 is 33.7 Å². The Morgan fingerprint density at radius 3 is 2.52 bits per heavy atom. The zero-order valence-electron chi connectivity index (χ0n) is 23.8. The van der Waals surface area contributed by atoms with Crippen molar-refractivity contribution in [1.29, 1.82) is 0 Å². The Morgan fingerprint density at radius 2 is 1.90 bits per heavy atom. The number of carbonyl (C=O) groups is 3. The second-order valence-electron chi connectivity index (χ2n) is 9.56. The molecule has 0 saturated carbocycles. The number of cyclic esters (lactones) is 1. The van der Waals surface area contributed by atoms with Crippen molar-refractivity contribution in [3.05, 3.63) is 53.9 Å². The summed E-state index contributed by atoms with van der Waals surface area (Å²) >= 11 is 0. The van der Waals surface area contributed by atoms with Gasteiger partial charge in [-0.2, -0.15) is 0 Å². The van der Waals surface area contributed by atoms with Crippen LogP contribution in [0.4, 0.5) is 0 Å². The van der Waals surface area contributed by atoms with Gasteiger partial charge in [-0.3, -0.25) is 9.59 Å². The summed E-state index contributed by atoms with van der Waals surface area (Å²) in [5.41, 5.74) is 1.18. The topological polar surface area (TPSA) is 132 Å². The minimum atomic E-state index is -1.04. The molecule has 0 spiro atoms. The van der Waals surface area contributed by atoms with E-state index in [9.17, 15) is 14.4 Å². The molecule has 0 aliphatic carbocycles. The Bertz CT molecular complexity index is 1060. The molecule has 1 N–H and O–H groups in total.